The third-order valence-electron chi connectivity index (χ3n) is 10.3. The molecule has 0 aliphatic rings. The molecule has 0 aromatic heterocycles. The standard InChI is InChI=1S/C42H39N7O13S4/c1-22-13-35(46-48-37-21-32-27(18-39(37)65(57,58)59)17-30(63(51,52)53)20-38(32)64(54,55)56)23(2)12-33(22)44-45-34-14-25(4)36(15-24(34)3)47-49-41-40(66(60,61)62)19-26-16-29(10-11-31(26)42(41)50)43-28-8-6-5-7-9-28/h5-21,43-45,47,49-50H,1-4H3,(H,51,52,53)(H,54,55,56)(H,57,58,59)(H,60,61,62). The molecule has 0 unspecified atom stereocenters. The highest BCUT2D eigenvalue weighted by Gasteiger charge is 2.26. The summed E-state index contributed by atoms with van der Waals surface area (Å²) in [4.78, 5) is -3.40. The zero-order chi connectivity index (χ0) is 48.1. The number of hydrogen-bond acceptors (Lipinski definition) is 16. The summed E-state index contributed by atoms with van der Waals surface area (Å²) in [7, 11) is -20.1. The average Bonchev–Trinajstić information content (AvgIpc) is 3.22. The molecule has 0 saturated heterocycles. The smallest absolute Gasteiger partial charge is 0.296 e. The summed E-state index contributed by atoms with van der Waals surface area (Å²) in [5.41, 5.74) is 17.0. The van der Waals surface area contributed by atoms with Gasteiger partial charge in [-0.05, 0) is 146 Å². The molecule has 0 bridgehead atoms. The molecule has 7 aromatic carbocycles. The van der Waals surface area contributed by atoms with E-state index in [2.05, 4.69) is 37.2 Å². The SMILES string of the molecule is Cc1cc(NNc2cc(C)c(NNc3c(S(=O)(=O)O)cc4cc(Nc5ccccc5)ccc4c3O)cc2C)c(C)cc1N=Nc1cc2c(S(=O)(=O)O)cc(S(=O)(=O)O)cc2cc1S(=O)(=O)O. The molecule has 0 aliphatic heterocycles. The number of nitrogens with one attached hydrogen (secondary N) is 5. The maximum atomic E-state index is 12.6. The highest BCUT2D eigenvalue weighted by atomic mass is 32.2. The van der Waals surface area contributed by atoms with Gasteiger partial charge in [0.2, 0.25) is 0 Å². The van der Waals surface area contributed by atoms with Crippen molar-refractivity contribution in [2.75, 3.05) is 27.0 Å². The number of azo groups is 1. The van der Waals surface area contributed by atoms with Crippen LogP contribution in [-0.2, 0) is 40.5 Å². The van der Waals surface area contributed by atoms with E-state index in [-0.39, 0.29) is 11.4 Å². The summed E-state index contributed by atoms with van der Waals surface area (Å²) in [6.07, 6.45) is 0. The van der Waals surface area contributed by atoms with Crippen molar-refractivity contribution in [3.8, 4) is 5.75 Å². The van der Waals surface area contributed by atoms with E-state index in [0.29, 0.717) is 61.8 Å². The topological polar surface area (TPSA) is 323 Å². The molecule has 0 radical (unpaired) electrons. The molecule has 66 heavy (non-hydrogen) atoms. The summed E-state index contributed by atoms with van der Waals surface area (Å²) in [6.45, 7) is 6.97. The number of benzene rings is 7. The van der Waals surface area contributed by atoms with Gasteiger partial charge in [0, 0.05) is 22.1 Å². The first-order valence-corrected chi connectivity index (χ1v) is 24.9. The molecule has 0 fully saturated rings. The number of fused-ring (bicyclic) bond motifs is 2. The quantitative estimate of drug-likeness (QED) is 0.0210. The normalized spacial score (nSPS) is 12.4. The van der Waals surface area contributed by atoms with E-state index < -0.39 is 82.3 Å². The summed E-state index contributed by atoms with van der Waals surface area (Å²) in [6, 6.07) is 25.2. The molecule has 7 aromatic rings. The summed E-state index contributed by atoms with van der Waals surface area (Å²) in [5, 5.41) is 22.5. The molecule has 20 nitrogen and oxygen atoms in total. The van der Waals surface area contributed by atoms with Gasteiger partial charge < -0.3 is 26.7 Å². The molecule has 24 heteroatoms. The lowest BCUT2D eigenvalue weighted by atomic mass is 10.1. The van der Waals surface area contributed by atoms with Gasteiger partial charge in [-0.15, -0.1) is 5.11 Å². The number of hydrogen-bond donors (Lipinski definition) is 10. The van der Waals surface area contributed by atoms with Crippen LogP contribution in [0.2, 0.25) is 0 Å². The van der Waals surface area contributed by atoms with E-state index >= 15 is 0 Å². The Hall–Kier alpha value is -6.90. The van der Waals surface area contributed by atoms with E-state index in [0.717, 1.165) is 23.9 Å². The summed E-state index contributed by atoms with van der Waals surface area (Å²) < 4.78 is 137. The Kier molecular flexibility index (Phi) is 12.5. The first kappa shape index (κ1) is 47.1. The Morgan fingerprint density at radius 2 is 0.955 bits per heavy atom. The Morgan fingerprint density at radius 1 is 0.439 bits per heavy atom. The number of anilines is 6. The highest BCUT2D eigenvalue weighted by molar-refractivity contribution is 7.87. The molecule has 344 valence electrons. The van der Waals surface area contributed by atoms with Crippen LogP contribution >= 0.6 is 0 Å². The zero-order valence-electron chi connectivity index (χ0n) is 34.8. The third kappa shape index (κ3) is 10.1. The molecular formula is C42H39N7O13S4. The summed E-state index contributed by atoms with van der Waals surface area (Å²) in [5.74, 6) is -0.418. The van der Waals surface area contributed by atoms with Gasteiger partial charge >= 0.3 is 0 Å². The number of phenolic OH excluding ortho intramolecular Hbond substituents is 1. The molecule has 0 atom stereocenters. The predicted molar refractivity (Wildman–Crippen MR) is 249 cm³/mol. The van der Waals surface area contributed by atoms with Gasteiger partial charge in [-0.2, -0.15) is 38.8 Å². The van der Waals surface area contributed by atoms with Crippen LogP contribution in [0.15, 0.2) is 133 Å². The number of hydrazine groups is 2. The van der Waals surface area contributed by atoms with E-state index in [1.165, 1.54) is 6.07 Å². The van der Waals surface area contributed by atoms with Crippen LogP contribution < -0.4 is 27.0 Å². The Labute approximate surface area is 378 Å². The van der Waals surface area contributed by atoms with Crippen molar-refractivity contribution >= 4 is 108 Å². The lowest BCUT2D eigenvalue weighted by Crippen LogP contribution is -2.15. The number of aromatic hydroxyl groups is 1. The van der Waals surface area contributed by atoms with Crippen molar-refractivity contribution in [2.24, 2.45) is 10.2 Å². The fraction of sp³-hybridized carbons (Fsp3) is 0.0952. The van der Waals surface area contributed by atoms with Gasteiger partial charge in [0.05, 0.1) is 27.6 Å². The molecule has 0 saturated carbocycles. The average molecular weight is 978 g/mol. The second-order valence-electron chi connectivity index (χ2n) is 15.0. The first-order chi connectivity index (χ1) is 30.8. The maximum absolute atomic E-state index is 12.6. The molecule has 0 aliphatic carbocycles. The van der Waals surface area contributed by atoms with Gasteiger partial charge in [-0.25, -0.2) is 0 Å². The van der Waals surface area contributed by atoms with Crippen molar-refractivity contribution in [1.29, 1.82) is 0 Å². The van der Waals surface area contributed by atoms with Crippen LogP contribution in [0.3, 0.4) is 0 Å². The van der Waals surface area contributed by atoms with Crippen molar-refractivity contribution in [1.82, 2.24) is 0 Å². The number of phenols is 1. The monoisotopic (exact) mass is 977 g/mol. The zero-order valence-corrected chi connectivity index (χ0v) is 38.1. The number of para-hydroxylation sites is 1. The predicted octanol–water partition coefficient (Wildman–Crippen LogP) is 8.96. The van der Waals surface area contributed by atoms with Gasteiger partial charge in [-0.1, -0.05) is 18.2 Å². The Balaban J connectivity index is 1.10. The van der Waals surface area contributed by atoms with Gasteiger partial charge in [0.1, 0.15) is 31.8 Å². The Morgan fingerprint density at radius 3 is 1.53 bits per heavy atom. The van der Waals surface area contributed by atoms with Crippen molar-refractivity contribution in [3.05, 3.63) is 125 Å². The van der Waals surface area contributed by atoms with Crippen LogP contribution in [-0.4, -0.2) is 57.0 Å². The van der Waals surface area contributed by atoms with Gasteiger partial charge in [-0.3, -0.25) is 23.6 Å². The highest BCUT2D eigenvalue weighted by Crippen LogP contribution is 2.41. The fourth-order valence-electron chi connectivity index (χ4n) is 6.92. The molecule has 0 spiro atoms. The minimum atomic E-state index is -5.14. The molecular weight excluding hydrogens is 939 g/mol. The largest absolute Gasteiger partial charge is 0.505 e. The minimum Gasteiger partial charge on any atom is -0.505 e. The van der Waals surface area contributed by atoms with Gasteiger partial charge in [0.25, 0.3) is 40.5 Å². The molecule has 7 rings (SSSR count). The summed E-state index contributed by atoms with van der Waals surface area (Å²) >= 11 is 0. The Bertz CT molecular complexity index is 3630. The van der Waals surface area contributed by atoms with Crippen LogP contribution in [0, 0.1) is 27.7 Å². The fourth-order valence-corrected chi connectivity index (χ4v) is 9.59. The lowest BCUT2D eigenvalue weighted by Gasteiger charge is -2.20. The molecule has 10 N–H and O–H groups in total. The van der Waals surface area contributed by atoms with E-state index in [1.54, 1.807) is 70.2 Å². The van der Waals surface area contributed by atoms with Crippen LogP contribution in [0.5, 0.6) is 5.75 Å². The molecule has 0 amide bonds. The van der Waals surface area contributed by atoms with Crippen molar-refractivity contribution < 1.29 is 57.0 Å². The number of nitrogens with zero attached hydrogens (tertiary/aromatic N) is 2. The van der Waals surface area contributed by atoms with Crippen molar-refractivity contribution in [2.45, 2.75) is 47.3 Å². The van der Waals surface area contributed by atoms with E-state index in [4.69, 9.17) is 0 Å². The second-order valence-corrected chi connectivity index (χ2v) is 20.6. The van der Waals surface area contributed by atoms with Crippen LogP contribution in [0.1, 0.15) is 22.3 Å². The molecule has 0 heterocycles. The van der Waals surface area contributed by atoms with Crippen LogP contribution in [0.4, 0.5) is 45.5 Å². The van der Waals surface area contributed by atoms with E-state index in [1.807, 2.05) is 30.3 Å². The lowest BCUT2D eigenvalue weighted by molar-refractivity contribution is 0.473. The maximum Gasteiger partial charge on any atom is 0.296 e. The van der Waals surface area contributed by atoms with Crippen molar-refractivity contribution in [3.63, 3.8) is 0 Å². The second kappa shape index (κ2) is 17.5. The van der Waals surface area contributed by atoms with Gasteiger partial charge in [0.15, 0.2) is 0 Å². The van der Waals surface area contributed by atoms with Crippen LogP contribution in [0.25, 0.3) is 21.5 Å². The first-order valence-electron chi connectivity index (χ1n) is 19.1. The number of aryl methyl sites for hydroxylation is 4. The van der Waals surface area contributed by atoms with E-state index in [9.17, 15) is 57.0 Å². The minimum absolute atomic E-state index is 0.227. The third-order valence-corrected chi connectivity index (χ3v) is 13.8. The number of rotatable bonds is 14.